The predicted octanol–water partition coefficient (Wildman–Crippen LogP) is 5.63. The third kappa shape index (κ3) is 5.40. The standard InChI is InChI=1S/C23H24BrN3OS/c1-16-13-20(17(2)27(16)22-12-8-7-11-21(22)24)14-25-26-23(28)18(3)29-15-19-9-5-4-6-10-19/h4-14,18H,15H2,1-3H3,(H,26,28)/b25-14-/t18-/m1/s1. The Labute approximate surface area is 184 Å². The second-order valence-electron chi connectivity index (χ2n) is 6.79. The molecule has 1 amide bonds. The summed E-state index contributed by atoms with van der Waals surface area (Å²) in [4.78, 5) is 12.3. The van der Waals surface area contributed by atoms with Gasteiger partial charge in [-0.25, -0.2) is 5.43 Å². The molecule has 3 rings (SSSR count). The fourth-order valence-corrected chi connectivity index (χ4v) is 4.35. The van der Waals surface area contributed by atoms with Crippen molar-refractivity contribution in [3.05, 3.63) is 87.7 Å². The van der Waals surface area contributed by atoms with Gasteiger partial charge in [-0.05, 0) is 60.5 Å². The molecule has 0 spiro atoms. The van der Waals surface area contributed by atoms with Crippen LogP contribution in [0.15, 0.2) is 70.2 Å². The van der Waals surface area contributed by atoms with Crippen molar-refractivity contribution < 1.29 is 4.79 Å². The largest absolute Gasteiger partial charge is 0.317 e. The quantitative estimate of drug-likeness (QED) is 0.360. The molecule has 0 saturated carbocycles. The average Bonchev–Trinajstić information content (AvgIpc) is 3.00. The van der Waals surface area contributed by atoms with Gasteiger partial charge in [-0.15, -0.1) is 11.8 Å². The Bertz CT molecular complexity index is 1010. The average molecular weight is 470 g/mol. The first-order valence-corrected chi connectivity index (χ1v) is 11.2. The van der Waals surface area contributed by atoms with Crippen LogP contribution in [0.4, 0.5) is 0 Å². The zero-order chi connectivity index (χ0) is 20.8. The lowest BCUT2D eigenvalue weighted by molar-refractivity contribution is -0.120. The van der Waals surface area contributed by atoms with Crippen LogP contribution in [0, 0.1) is 13.8 Å². The van der Waals surface area contributed by atoms with Crippen LogP contribution in [0.1, 0.15) is 29.4 Å². The molecule has 1 heterocycles. The highest BCUT2D eigenvalue weighted by molar-refractivity contribution is 9.10. The first-order chi connectivity index (χ1) is 14.0. The molecule has 0 aliphatic heterocycles. The minimum absolute atomic E-state index is 0.0956. The summed E-state index contributed by atoms with van der Waals surface area (Å²) in [5, 5.41) is 4.01. The molecule has 2 aromatic carbocycles. The Balaban J connectivity index is 1.62. The van der Waals surface area contributed by atoms with E-state index in [0.717, 1.165) is 32.9 Å². The van der Waals surface area contributed by atoms with Gasteiger partial charge in [-0.2, -0.15) is 5.10 Å². The number of aryl methyl sites for hydroxylation is 1. The summed E-state index contributed by atoms with van der Waals surface area (Å²) in [6.45, 7) is 6.01. The number of hydrogen-bond acceptors (Lipinski definition) is 3. The van der Waals surface area contributed by atoms with Crippen LogP contribution in [-0.2, 0) is 10.5 Å². The minimum atomic E-state index is -0.180. The number of aromatic nitrogens is 1. The van der Waals surface area contributed by atoms with Crippen LogP contribution < -0.4 is 5.43 Å². The van der Waals surface area contributed by atoms with E-state index in [9.17, 15) is 4.79 Å². The molecule has 3 aromatic rings. The molecule has 150 valence electrons. The van der Waals surface area contributed by atoms with Crippen molar-refractivity contribution in [2.45, 2.75) is 31.8 Å². The monoisotopic (exact) mass is 469 g/mol. The van der Waals surface area contributed by atoms with Gasteiger partial charge in [0.1, 0.15) is 0 Å². The van der Waals surface area contributed by atoms with Gasteiger partial charge in [-0.1, -0.05) is 42.5 Å². The van der Waals surface area contributed by atoms with Crippen LogP contribution >= 0.6 is 27.7 Å². The summed E-state index contributed by atoms with van der Waals surface area (Å²) < 4.78 is 3.20. The van der Waals surface area contributed by atoms with E-state index in [1.165, 1.54) is 5.56 Å². The van der Waals surface area contributed by atoms with E-state index < -0.39 is 0 Å². The van der Waals surface area contributed by atoms with E-state index in [0.29, 0.717) is 0 Å². The topological polar surface area (TPSA) is 46.4 Å². The number of amides is 1. The van der Waals surface area contributed by atoms with Crippen LogP contribution in [0.2, 0.25) is 0 Å². The Hall–Kier alpha value is -2.31. The number of hydrazone groups is 1. The molecular weight excluding hydrogens is 446 g/mol. The van der Waals surface area contributed by atoms with Gasteiger partial charge in [-0.3, -0.25) is 4.79 Å². The molecule has 0 aliphatic rings. The molecule has 0 saturated heterocycles. The maximum absolute atomic E-state index is 12.3. The van der Waals surface area contributed by atoms with Crippen molar-refractivity contribution in [3.63, 3.8) is 0 Å². The highest BCUT2D eigenvalue weighted by Crippen LogP contribution is 2.26. The van der Waals surface area contributed by atoms with E-state index in [4.69, 9.17) is 0 Å². The van der Waals surface area contributed by atoms with Gasteiger partial charge < -0.3 is 4.57 Å². The normalized spacial score (nSPS) is 12.3. The summed E-state index contributed by atoms with van der Waals surface area (Å²) in [5.74, 6) is 0.702. The summed E-state index contributed by atoms with van der Waals surface area (Å²) in [5.41, 5.74) is 8.10. The van der Waals surface area contributed by atoms with Gasteiger partial charge in [0.05, 0.1) is 17.2 Å². The van der Waals surface area contributed by atoms with Crippen LogP contribution in [0.25, 0.3) is 5.69 Å². The number of nitrogens with zero attached hydrogens (tertiary/aromatic N) is 2. The van der Waals surface area contributed by atoms with E-state index >= 15 is 0 Å². The highest BCUT2D eigenvalue weighted by atomic mass is 79.9. The number of para-hydroxylation sites is 1. The lowest BCUT2D eigenvalue weighted by atomic mass is 10.2. The molecule has 0 fully saturated rings. The Morgan fingerprint density at radius 2 is 1.86 bits per heavy atom. The van der Waals surface area contributed by atoms with Gasteiger partial charge >= 0.3 is 0 Å². The first-order valence-electron chi connectivity index (χ1n) is 9.39. The van der Waals surface area contributed by atoms with Crippen LogP contribution in [0.5, 0.6) is 0 Å². The van der Waals surface area contributed by atoms with E-state index in [2.05, 4.69) is 62.2 Å². The maximum Gasteiger partial charge on any atom is 0.252 e. The van der Waals surface area contributed by atoms with Gasteiger partial charge in [0.25, 0.3) is 5.91 Å². The summed E-state index contributed by atoms with van der Waals surface area (Å²) in [6.07, 6.45) is 1.71. The van der Waals surface area contributed by atoms with Crippen LogP contribution in [0.3, 0.4) is 0 Å². The molecule has 29 heavy (non-hydrogen) atoms. The van der Waals surface area contributed by atoms with Crippen molar-refractivity contribution in [3.8, 4) is 5.69 Å². The fourth-order valence-electron chi connectivity index (χ4n) is 3.05. The predicted molar refractivity (Wildman–Crippen MR) is 126 cm³/mol. The van der Waals surface area contributed by atoms with E-state index in [1.54, 1.807) is 18.0 Å². The molecule has 6 heteroatoms. The zero-order valence-electron chi connectivity index (χ0n) is 16.7. The maximum atomic E-state index is 12.3. The van der Waals surface area contributed by atoms with Crippen LogP contribution in [-0.4, -0.2) is 21.9 Å². The zero-order valence-corrected chi connectivity index (χ0v) is 19.1. The summed E-state index contributed by atoms with van der Waals surface area (Å²) in [6, 6.07) is 20.3. The molecule has 4 nitrogen and oxygen atoms in total. The number of carbonyl (C=O) groups excluding carboxylic acids is 1. The summed E-state index contributed by atoms with van der Waals surface area (Å²) >= 11 is 5.21. The third-order valence-corrected chi connectivity index (χ3v) is 6.54. The van der Waals surface area contributed by atoms with E-state index in [1.807, 2.05) is 50.2 Å². The minimum Gasteiger partial charge on any atom is -0.317 e. The SMILES string of the molecule is Cc1cc(/C=N\NC(=O)[C@@H](C)SCc2ccccc2)c(C)n1-c1ccccc1Br. The van der Waals surface area contributed by atoms with E-state index in [-0.39, 0.29) is 11.2 Å². The van der Waals surface area contributed by atoms with Crippen molar-refractivity contribution in [2.24, 2.45) is 5.10 Å². The second-order valence-corrected chi connectivity index (χ2v) is 8.97. The van der Waals surface area contributed by atoms with Crippen molar-refractivity contribution in [1.82, 2.24) is 9.99 Å². The number of carbonyl (C=O) groups is 1. The smallest absolute Gasteiger partial charge is 0.252 e. The summed E-state index contributed by atoms with van der Waals surface area (Å²) in [7, 11) is 0. The van der Waals surface area contributed by atoms with Gasteiger partial charge in [0.15, 0.2) is 0 Å². The second kappa shape index (κ2) is 9.94. The fraction of sp³-hybridized carbons (Fsp3) is 0.217. The van der Waals surface area contributed by atoms with Crippen molar-refractivity contribution >= 4 is 39.8 Å². The molecule has 0 radical (unpaired) electrons. The van der Waals surface area contributed by atoms with Crippen molar-refractivity contribution in [1.29, 1.82) is 0 Å². The lowest BCUT2D eigenvalue weighted by Gasteiger charge is -2.11. The van der Waals surface area contributed by atoms with Gasteiger partial charge in [0, 0.05) is 27.2 Å². The molecule has 1 atom stereocenters. The molecule has 0 bridgehead atoms. The Kier molecular flexibility index (Phi) is 7.34. The number of hydrogen-bond donors (Lipinski definition) is 1. The lowest BCUT2D eigenvalue weighted by Crippen LogP contribution is -2.27. The number of benzene rings is 2. The van der Waals surface area contributed by atoms with Crippen molar-refractivity contribution in [2.75, 3.05) is 0 Å². The Morgan fingerprint density at radius 3 is 2.59 bits per heavy atom. The third-order valence-electron chi connectivity index (χ3n) is 4.65. The Morgan fingerprint density at radius 1 is 1.17 bits per heavy atom. The number of nitrogens with one attached hydrogen (secondary N) is 1. The number of thioether (sulfide) groups is 1. The number of halogens is 1. The first kappa shape index (κ1) is 21.4. The van der Waals surface area contributed by atoms with Gasteiger partial charge in [0.2, 0.25) is 0 Å². The highest BCUT2D eigenvalue weighted by Gasteiger charge is 2.14. The molecule has 0 aliphatic carbocycles. The number of rotatable bonds is 7. The molecule has 0 unspecified atom stereocenters. The molecular formula is C23H24BrN3OS. The molecule has 1 N–H and O–H groups in total. The molecule has 1 aromatic heterocycles.